The van der Waals surface area contributed by atoms with Crippen molar-refractivity contribution in [2.75, 3.05) is 6.54 Å². The van der Waals surface area contributed by atoms with E-state index in [1.807, 2.05) is 42.2 Å². The Kier molecular flexibility index (Phi) is 3.77. The van der Waals surface area contributed by atoms with Gasteiger partial charge < -0.3 is 5.11 Å². The Balaban J connectivity index is 2.20. The number of rotatable bonds is 3. The maximum atomic E-state index is 11.4. The van der Waals surface area contributed by atoms with E-state index < -0.39 is 12.0 Å². The Morgan fingerprint density at radius 3 is 2.67 bits per heavy atom. The number of aliphatic carboxylic acids is 1. The minimum Gasteiger partial charge on any atom is -0.480 e. The average molecular weight is 247 g/mol. The van der Waals surface area contributed by atoms with Gasteiger partial charge in [-0.25, -0.2) is 0 Å². The van der Waals surface area contributed by atoms with Crippen molar-refractivity contribution in [3.05, 3.63) is 35.9 Å². The van der Waals surface area contributed by atoms with Crippen molar-refractivity contribution in [3.8, 4) is 0 Å². The highest BCUT2D eigenvalue weighted by Crippen LogP contribution is 2.27. The van der Waals surface area contributed by atoms with Gasteiger partial charge in [0.1, 0.15) is 11.8 Å². The average Bonchev–Trinajstić information content (AvgIpc) is 2.39. The zero-order valence-electron chi connectivity index (χ0n) is 10.4. The Labute approximate surface area is 106 Å². The van der Waals surface area contributed by atoms with E-state index >= 15 is 0 Å². The zero-order valence-corrected chi connectivity index (χ0v) is 10.4. The van der Waals surface area contributed by atoms with Gasteiger partial charge in [0, 0.05) is 25.4 Å². The molecule has 1 heterocycles. The van der Waals surface area contributed by atoms with Crippen LogP contribution in [0.4, 0.5) is 0 Å². The third-order valence-electron chi connectivity index (χ3n) is 3.53. The molecule has 0 unspecified atom stereocenters. The van der Waals surface area contributed by atoms with Crippen molar-refractivity contribution >= 4 is 11.8 Å². The summed E-state index contributed by atoms with van der Waals surface area (Å²) in [7, 11) is 0. The molecule has 1 N–H and O–H groups in total. The summed E-state index contributed by atoms with van der Waals surface area (Å²) in [6.07, 6.45) is 0.563. The molecule has 4 nitrogen and oxygen atoms in total. The standard InChI is InChI=1S/C14H17NO3/c1-10(11-5-3-2-4-6-11)15-8-7-12(16)9-13(15)14(17)18/h2-6,10,13H,7-9H2,1H3,(H,17,18)/t10-,13-/m0/s1. The molecule has 0 amide bonds. The number of carbonyl (C=O) groups is 2. The van der Waals surface area contributed by atoms with Gasteiger partial charge in [0.05, 0.1) is 0 Å². The first-order chi connectivity index (χ1) is 8.59. The van der Waals surface area contributed by atoms with Crippen molar-refractivity contribution < 1.29 is 14.7 Å². The third kappa shape index (κ3) is 2.59. The van der Waals surface area contributed by atoms with Crippen molar-refractivity contribution in [1.82, 2.24) is 4.90 Å². The number of ketones is 1. The van der Waals surface area contributed by atoms with Crippen LogP contribution in [0, 0.1) is 0 Å². The largest absolute Gasteiger partial charge is 0.480 e. The topological polar surface area (TPSA) is 57.6 Å². The van der Waals surface area contributed by atoms with Gasteiger partial charge in [0.2, 0.25) is 0 Å². The summed E-state index contributed by atoms with van der Waals surface area (Å²) in [5.74, 6) is -0.871. The molecule has 0 bridgehead atoms. The van der Waals surface area contributed by atoms with Crippen molar-refractivity contribution in [2.45, 2.75) is 31.8 Å². The van der Waals surface area contributed by atoms with E-state index in [-0.39, 0.29) is 18.2 Å². The second-order valence-corrected chi connectivity index (χ2v) is 4.67. The normalized spacial score (nSPS) is 22.7. The molecule has 0 radical (unpaired) electrons. The fraction of sp³-hybridized carbons (Fsp3) is 0.429. The molecule has 4 heteroatoms. The van der Waals surface area contributed by atoms with Gasteiger partial charge in [-0.05, 0) is 12.5 Å². The van der Waals surface area contributed by atoms with E-state index in [0.29, 0.717) is 13.0 Å². The molecule has 1 aromatic rings. The number of carboxylic acid groups (broad SMARTS) is 1. The first-order valence-electron chi connectivity index (χ1n) is 6.15. The number of carbonyl (C=O) groups excluding carboxylic acids is 1. The van der Waals surface area contributed by atoms with Crippen LogP contribution < -0.4 is 0 Å². The number of hydrogen-bond donors (Lipinski definition) is 1. The number of piperidine rings is 1. The third-order valence-corrected chi connectivity index (χ3v) is 3.53. The van der Waals surface area contributed by atoms with E-state index in [2.05, 4.69) is 0 Å². The lowest BCUT2D eigenvalue weighted by Gasteiger charge is -2.37. The predicted octanol–water partition coefficient (Wildman–Crippen LogP) is 1.87. The fourth-order valence-corrected chi connectivity index (χ4v) is 2.46. The molecule has 18 heavy (non-hydrogen) atoms. The smallest absolute Gasteiger partial charge is 0.321 e. The highest BCUT2D eigenvalue weighted by Gasteiger charge is 2.35. The van der Waals surface area contributed by atoms with Crippen LogP contribution >= 0.6 is 0 Å². The highest BCUT2D eigenvalue weighted by molar-refractivity contribution is 5.87. The van der Waals surface area contributed by atoms with Crippen LogP contribution in [-0.4, -0.2) is 34.3 Å². The lowest BCUT2D eigenvalue weighted by Crippen LogP contribution is -2.48. The summed E-state index contributed by atoms with van der Waals surface area (Å²) in [6.45, 7) is 2.51. The Morgan fingerprint density at radius 2 is 2.06 bits per heavy atom. The van der Waals surface area contributed by atoms with Crippen LogP contribution in [0.2, 0.25) is 0 Å². The second kappa shape index (κ2) is 5.31. The molecule has 1 fully saturated rings. The van der Waals surface area contributed by atoms with Crippen LogP contribution in [0.3, 0.4) is 0 Å². The summed E-state index contributed by atoms with van der Waals surface area (Å²) in [4.78, 5) is 24.5. The zero-order chi connectivity index (χ0) is 13.1. The maximum absolute atomic E-state index is 11.4. The number of hydrogen-bond acceptors (Lipinski definition) is 3. The van der Waals surface area contributed by atoms with Crippen LogP contribution in [0.25, 0.3) is 0 Å². The quantitative estimate of drug-likeness (QED) is 0.885. The second-order valence-electron chi connectivity index (χ2n) is 4.67. The fourth-order valence-electron chi connectivity index (χ4n) is 2.46. The summed E-state index contributed by atoms with van der Waals surface area (Å²) in [6, 6.07) is 9.11. The Morgan fingerprint density at radius 1 is 1.39 bits per heavy atom. The van der Waals surface area contributed by atoms with E-state index in [0.717, 1.165) is 5.56 Å². The van der Waals surface area contributed by atoms with Gasteiger partial charge in [0.15, 0.2) is 0 Å². The molecule has 0 aromatic heterocycles. The molecule has 1 aliphatic rings. The molecule has 1 aliphatic heterocycles. The molecule has 1 saturated heterocycles. The molecule has 0 aliphatic carbocycles. The number of benzene rings is 1. The van der Waals surface area contributed by atoms with Gasteiger partial charge in [-0.15, -0.1) is 0 Å². The monoisotopic (exact) mass is 247 g/mol. The molecule has 1 aromatic carbocycles. The van der Waals surface area contributed by atoms with Gasteiger partial charge in [-0.1, -0.05) is 30.3 Å². The van der Waals surface area contributed by atoms with Crippen molar-refractivity contribution in [1.29, 1.82) is 0 Å². The van der Waals surface area contributed by atoms with Gasteiger partial charge in [0.25, 0.3) is 0 Å². The lowest BCUT2D eigenvalue weighted by atomic mass is 9.96. The number of carboxylic acids is 1. The molecular formula is C14H17NO3. The first-order valence-corrected chi connectivity index (χ1v) is 6.15. The number of likely N-dealkylation sites (tertiary alicyclic amines) is 1. The molecule has 2 rings (SSSR count). The minimum absolute atomic E-state index is 0.0143. The van der Waals surface area contributed by atoms with E-state index in [1.165, 1.54) is 0 Å². The minimum atomic E-state index is -0.911. The van der Waals surface area contributed by atoms with Crippen LogP contribution in [-0.2, 0) is 9.59 Å². The van der Waals surface area contributed by atoms with E-state index in [1.54, 1.807) is 0 Å². The van der Waals surface area contributed by atoms with Gasteiger partial charge in [-0.3, -0.25) is 14.5 Å². The summed E-state index contributed by atoms with van der Waals surface area (Å²) >= 11 is 0. The van der Waals surface area contributed by atoms with Gasteiger partial charge in [-0.2, -0.15) is 0 Å². The van der Waals surface area contributed by atoms with Crippen LogP contribution in [0.5, 0.6) is 0 Å². The molecule has 0 saturated carbocycles. The first kappa shape index (κ1) is 12.8. The SMILES string of the molecule is C[C@@H](c1ccccc1)N1CCC(=O)C[C@H]1C(=O)O. The maximum Gasteiger partial charge on any atom is 0.321 e. The van der Waals surface area contributed by atoms with Crippen molar-refractivity contribution in [2.24, 2.45) is 0 Å². The van der Waals surface area contributed by atoms with Crippen LogP contribution in [0.15, 0.2) is 30.3 Å². The van der Waals surface area contributed by atoms with E-state index in [9.17, 15) is 14.7 Å². The molecule has 0 spiro atoms. The summed E-state index contributed by atoms with van der Waals surface area (Å²) in [5.41, 5.74) is 1.08. The number of Topliss-reactive ketones (excluding diaryl/α,β-unsaturated/α-hetero) is 1. The van der Waals surface area contributed by atoms with Crippen LogP contribution in [0.1, 0.15) is 31.4 Å². The predicted molar refractivity (Wildman–Crippen MR) is 67.2 cm³/mol. The molecule has 2 atom stereocenters. The van der Waals surface area contributed by atoms with Crippen molar-refractivity contribution in [3.63, 3.8) is 0 Å². The summed E-state index contributed by atoms with van der Waals surface area (Å²) in [5, 5.41) is 9.23. The lowest BCUT2D eigenvalue weighted by molar-refractivity contribution is -0.148. The Bertz CT molecular complexity index is 444. The highest BCUT2D eigenvalue weighted by atomic mass is 16.4. The van der Waals surface area contributed by atoms with E-state index in [4.69, 9.17) is 0 Å². The van der Waals surface area contributed by atoms with Gasteiger partial charge >= 0.3 is 5.97 Å². The molecule has 96 valence electrons. The Hall–Kier alpha value is -1.68. The number of nitrogens with zero attached hydrogens (tertiary/aromatic N) is 1. The summed E-state index contributed by atoms with van der Waals surface area (Å²) < 4.78 is 0. The molecular weight excluding hydrogens is 230 g/mol.